The SMILES string of the molecule is CCN(CC)c1ccc(C(=O)Nc2cccc(C)c2C(=O)N2CCCC2)cn1. The zero-order valence-corrected chi connectivity index (χ0v) is 16.9. The van der Waals surface area contributed by atoms with Crippen molar-refractivity contribution in [3.63, 3.8) is 0 Å². The summed E-state index contributed by atoms with van der Waals surface area (Å²) in [6, 6.07) is 9.17. The topological polar surface area (TPSA) is 65.5 Å². The van der Waals surface area contributed by atoms with Crippen LogP contribution < -0.4 is 10.2 Å². The molecule has 1 aromatic carbocycles. The van der Waals surface area contributed by atoms with E-state index in [0.29, 0.717) is 16.8 Å². The van der Waals surface area contributed by atoms with Gasteiger partial charge in [-0.1, -0.05) is 12.1 Å². The highest BCUT2D eigenvalue weighted by atomic mass is 16.2. The molecule has 0 spiro atoms. The number of aromatic nitrogens is 1. The Morgan fingerprint density at radius 1 is 1.11 bits per heavy atom. The van der Waals surface area contributed by atoms with Crippen molar-refractivity contribution in [3.8, 4) is 0 Å². The molecule has 6 nitrogen and oxygen atoms in total. The number of amides is 2. The zero-order chi connectivity index (χ0) is 20.1. The van der Waals surface area contributed by atoms with Gasteiger partial charge in [-0.3, -0.25) is 9.59 Å². The lowest BCUT2D eigenvalue weighted by Crippen LogP contribution is -2.29. The van der Waals surface area contributed by atoms with Crippen molar-refractivity contribution in [1.29, 1.82) is 0 Å². The van der Waals surface area contributed by atoms with E-state index in [1.54, 1.807) is 18.3 Å². The van der Waals surface area contributed by atoms with E-state index in [1.807, 2.05) is 30.0 Å². The molecule has 1 N–H and O–H groups in total. The lowest BCUT2D eigenvalue weighted by atomic mass is 10.0. The molecule has 1 aromatic heterocycles. The largest absolute Gasteiger partial charge is 0.357 e. The Morgan fingerprint density at radius 2 is 1.82 bits per heavy atom. The first-order valence-electron chi connectivity index (χ1n) is 9.96. The standard InChI is InChI=1S/C22H28N4O2/c1-4-25(5-2)19-12-11-17(15-23-19)21(27)24-18-10-8-9-16(3)20(18)22(28)26-13-6-7-14-26/h8-12,15H,4-7,13-14H2,1-3H3,(H,24,27). The lowest BCUT2D eigenvalue weighted by molar-refractivity contribution is 0.0793. The fraction of sp³-hybridized carbons (Fsp3) is 0.409. The van der Waals surface area contributed by atoms with Gasteiger partial charge in [0.2, 0.25) is 0 Å². The maximum Gasteiger partial charge on any atom is 0.257 e. The van der Waals surface area contributed by atoms with Crippen LogP contribution in [0.5, 0.6) is 0 Å². The van der Waals surface area contributed by atoms with Crippen molar-refractivity contribution in [2.45, 2.75) is 33.6 Å². The second-order valence-electron chi connectivity index (χ2n) is 7.03. The molecule has 1 aliphatic heterocycles. The molecule has 2 aromatic rings. The maximum atomic E-state index is 12.9. The van der Waals surface area contributed by atoms with Crippen molar-refractivity contribution >= 4 is 23.3 Å². The molecule has 148 valence electrons. The van der Waals surface area contributed by atoms with E-state index in [1.165, 1.54) is 0 Å². The molecule has 2 heterocycles. The summed E-state index contributed by atoms with van der Waals surface area (Å²) in [5.41, 5.74) is 2.46. The van der Waals surface area contributed by atoms with Crippen molar-refractivity contribution in [2.24, 2.45) is 0 Å². The fourth-order valence-corrected chi connectivity index (χ4v) is 3.58. The molecule has 0 radical (unpaired) electrons. The highest BCUT2D eigenvalue weighted by Crippen LogP contribution is 2.24. The number of carbonyl (C=O) groups is 2. The van der Waals surface area contributed by atoms with Gasteiger partial charge in [0, 0.05) is 32.4 Å². The van der Waals surface area contributed by atoms with Gasteiger partial charge in [-0.2, -0.15) is 0 Å². The number of nitrogens with zero attached hydrogens (tertiary/aromatic N) is 3. The summed E-state index contributed by atoms with van der Waals surface area (Å²) in [7, 11) is 0. The minimum absolute atomic E-state index is 0.0130. The van der Waals surface area contributed by atoms with Gasteiger partial charge in [-0.15, -0.1) is 0 Å². The summed E-state index contributed by atoms with van der Waals surface area (Å²) in [4.78, 5) is 34.1. The van der Waals surface area contributed by atoms with Gasteiger partial charge in [0.15, 0.2) is 0 Å². The van der Waals surface area contributed by atoms with Crippen molar-refractivity contribution in [3.05, 3.63) is 53.2 Å². The molecular weight excluding hydrogens is 352 g/mol. The summed E-state index contributed by atoms with van der Waals surface area (Å²) in [5, 5.41) is 2.91. The monoisotopic (exact) mass is 380 g/mol. The minimum atomic E-state index is -0.264. The molecular formula is C22H28N4O2. The average Bonchev–Trinajstić information content (AvgIpc) is 3.24. The van der Waals surface area contributed by atoms with Crippen LogP contribution in [0.25, 0.3) is 0 Å². The maximum absolute atomic E-state index is 12.9. The van der Waals surface area contributed by atoms with E-state index in [4.69, 9.17) is 0 Å². The van der Waals surface area contributed by atoms with Crippen molar-refractivity contribution in [2.75, 3.05) is 36.4 Å². The first-order chi connectivity index (χ1) is 13.5. The van der Waals surface area contributed by atoms with Crippen LogP contribution in [0.2, 0.25) is 0 Å². The predicted octanol–water partition coefficient (Wildman–Crippen LogP) is 3.72. The Labute approximate surface area is 166 Å². The Kier molecular flexibility index (Phi) is 6.29. The lowest BCUT2D eigenvalue weighted by Gasteiger charge is -2.20. The fourth-order valence-electron chi connectivity index (χ4n) is 3.58. The molecule has 6 heteroatoms. The number of aryl methyl sites for hydroxylation is 1. The number of carbonyl (C=O) groups excluding carboxylic acids is 2. The summed E-state index contributed by atoms with van der Waals surface area (Å²) in [6.07, 6.45) is 3.65. The number of likely N-dealkylation sites (tertiary alicyclic amines) is 1. The molecule has 2 amide bonds. The highest BCUT2D eigenvalue weighted by molar-refractivity contribution is 6.09. The molecule has 1 fully saturated rings. The number of anilines is 2. The van der Waals surface area contributed by atoms with Gasteiger partial charge in [0.1, 0.15) is 5.82 Å². The molecule has 1 aliphatic rings. The Balaban J connectivity index is 1.80. The highest BCUT2D eigenvalue weighted by Gasteiger charge is 2.24. The second kappa shape index (κ2) is 8.87. The Bertz CT molecular complexity index is 838. The van der Waals surface area contributed by atoms with E-state index < -0.39 is 0 Å². The second-order valence-corrected chi connectivity index (χ2v) is 7.03. The molecule has 28 heavy (non-hydrogen) atoms. The smallest absolute Gasteiger partial charge is 0.257 e. The van der Waals surface area contributed by atoms with E-state index in [0.717, 1.165) is 50.4 Å². The quantitative estimate of drug-likeness (QED) is 0.829. The number of rotatable bonds is 6. The molecule has 3 rings (SSSR count). The summed E-state index contributed by atoms with van der Waals surface area (Å²) >= 11 is 0. The van der Waals surface area contributed by atoms with E-state index in [2.05, 4.69) is 29.0 Å². The van der Waals surface area contributed by atoms with Crippen LogP contribution in [-0.2, 0) is 0 Å². The third-order valence-corrected chi connectivity index (χ3v) is 5.23. The van der Waals surface area contributed by atoms with Gasteiger partial charge in [0.05, 0.1) is 16.8 Å². The number of hydrogen-bond acceptors (Lipinski definition) is 4. The van der Waals surface area contributed by atoms with Crippen molar-refractivity contribution < 1.29 is 9.59 Å². The van der Waals surface area contributed by atoms with Gasteiger partial charge in [-0.25, -0.2) is 4.98 Å². The van der Waals surface area contributed by atoms with Crippen LogP contribution >= 0.6 is 0 Å². The third-order valence-electron chi connectivity index (χ3n) is 5.23. The molecule has 0 unspecified atom stereocenters. The number of pyridine rings is 1. The van der Waals surface area contributed by atoms with Crippen LogP contribution in [-0.4, -0.2) is 47.9 Å². The number of hydrogen-bond donors (Lipinski definition) is 1. The van der Waals surface area contributed by atoms with Crippen molar-refractivity contribution in [1.82, 2.24) is 9.88 Å². The Morgan fingerprint density at radius 3 is 2.43 bits per heavy atom. The van der Waals surface area contributed by atoms with Crippen LogP contribution in [0.1, 0.15) is 53.0 Å². The van der Waals surface area contributed by atoms with Gasteiger partial charge < -0.3 is 15.1 Å². The molecule has 0 aliphatic carbocycles. The molecule has 1 saturated heterocycles. The van der Waals surface area contributed by atoms with Crippen LogP contribution in [0.4, 0.5) is 11.5 Å². The summed E-state index contributed by atoms with van der Waals surface area (Å²) in [5.74, 6) is 0.572. The number of benzene rings is 1. The first-order valence-corrected chi connectivity index (χ1v) is 9.96. The van der Waals surface area contributed by atoms with Gasteiger partial charge >= 0.3 is 0 Å². The van der Waals surface area contributed by atoms with E-state index >= 15 is 0 Å². The van der Waals surface area contributed by atoms with Gasteiger partial charge in [0.25, 0.3) is 11.8 Å². The Hall–Kier alpha value is -2.89. The molecule has 0 saturated carbocycles. The van der Waals surface area contributed by atoms with Crippen LogP contribution in [0, 0.1) is 6.92 Å². The normalized spacial score (nSPS) is 13.5. The van der Waals surface area contributed by atoms with Crippen LogP contribution in [0.15, 0.2) is 36.5 Å². The predicted molar refractivity (Wildman–Crippen MR) is 112 cm³/mol. The summed E-state index contributed by atoms with van der Waals surface area (Å²) in [6.45, 7) is 9.32. The minimum Gasteiger partial charge on any atom is -0.357 e. The zero-order valence-electron chi connectivity index (χ0n) is 16.9. The third kappa shape index (κ3) is 4.16. The average molecular weight is 380 g/mol. The molecule has 0 atom stereocenters. The first kappa shape index (κ1) is 19.9. The van der Waals surface area contributed by atoms with E-state index in [-0.39, 0.29) is 11.8 Å². The molecule has 0 bridgehead atoms. The number of nitrogens with one attached hydrogen (secondary N) is 1. The van der Waals surface area contributed by atoms with E-state index in [9.17, 15) is 9.59 Å². The summed E-state index contributed by atoms with van der Waals surface area (Å²) < 4.78 is 0. The van der Waals surface area contributed by atoms with Gasteiger partial charge in [-0.05, 0) is 57.4 Å². The van der Waals surface area contributed by atoms with Crippen LogP contribution in [0.3, 0.4) is 0 Å².